The van der Waals surface area contributed by atoms with Crippen molar-refractivity contribution >= 4 is 29.5 Å². The van der Waals surface area contributed by atoms with E-state index in [0.29, 0.717) is 0 Å². The number of hydrogen-bond acceptors (Lipinski definition) is 3. The third-order valence-corrected chi connectivity index (χ3v) is 2.02. The van der Waals surface area contributed by atoms with Crippen molar-refractivity contribution in [2.24, 2.45) is 4.99 Å². The summed E-state index contributed by atoms with van der Waals surface area (Å²) >= 11 is 4.65. The van der Waals surface area contributed by atoms with E-state index in [0.717, 1.165) is 11.4 Å². The molecule has 0 N–H and O–H groups in total. The van der Waals surface area contributed by atoms with Gasteiger partial charge in [0.25, 0.3) is 0 Å². The highest BCUT2D eigenvalue weighted by molar-refractivity contribution is 7.80. The van der Waals surface area contributed by atoms with E-state index in [1.165, 1.54) is 5.37 Å². The van der Waals surface area contributed by atoms with Crippen molar-refractivity contribution < 1.29 is 0 Å². The summed E-state index contributed by atoms with van der Waals surface area (Å²) in [4.78, 5) is 4.13. The lowest BCUT2D eigenvalue weighted by molar-refractivity contribution is 0.880. The highest BCUT2D eigenvalue weighted by Gasteiger charge is 1.94. The summed E-state index contributed by atoms with van der Waals surface area (Å²) in [6, 6.07) is 9.66. The lowest BCUT2D eigenvalue weighted by atomic mass is 10.3. The van der Waals surface area contributed by atoms with Crippen molar-refractivity contribution in [2.45, 2.75) is 0 Å². The Hall–Kier alpha value is -1.81. The van der Waals surface area contributed by atoms with E-state index in [9.17, 15) is 0 Å². The highest BCUT2D eigenvalue weighted by Crippen LogP contribution is 2.14. The van der Waals surface area contributed by atoms with Gasteiger partial charge in [-0.15, -0.1) is 0 Å². The first-order valence-electron chi connectivity index (χ1n) is 4.48. The van der Waals surface area contributed by atoms with Crippen LogP contribution in [-0.4, -0.2) is 21.4 Å². The lowest BCUT2D eigenvalue weighted by Crippen LogP contribution is -1.92. The van der Waals surface area contributed by atoms with E-state index in [2.05, 4.69) is 22.3 Å². The predicted octanol–water partition coefficient (Wildman–Crippen LogP) is 2.57. The van der Waals surface area contributed by atoms with Crippen molar-refractivity contribution in [1.29, 1.82) is 0 Å². The van der Waals surface area contributed by atoms with E-state index in [-0.39, 0.29) is 0 Å². The van der Waals surface area contributed by atoms with Gasteiger partial charge in [0.05, 0.1) is 11.4 Å². The van der Waals surface area contributed by atoms with Gasteiger partial charge in [0.1, 0.15) is 0 Å². The molecule has 1 heterocycles. The van der Waals surface area contributed by atoms with Crippen molar-refractivity contribution in [3.8, 4) is 5.69 Å². The first-order chi connectivity index (χ1) is 7.40. The van der Waals surface area contributed by atoms with Crippen LogP contribution < -0.4 is 0 Å². The van der Waals surface area contributed by atoms with E-state index < -0.39 is 0 Å². The van der Waals surface area contributed by atoms with Crippen LogP contribution >= 0.6 is 12.2 Å². The van der Waals surface area contributed by atoms with Gasteiger partial charge in [-0.1, -0.05) is 12.2 Å². The Morgan fingerprint density at radius 2 is 2.07 bits per heavy atom. The van der Waals surface area contributed by atoms with Crippen molar-refractivity contribution in [2.75, 3.05) is 0 Å². The van der Waals surface area contributed by atoms with Crippen LogP contribution in [-0.2, 0) is 0 Å². The van der Waals surface area contributed by atoms with Crippen LogP contribution in [0, 0.1) is 0 Å². The molecule has 3 nitrogen and oxygen atoms in total. The standard InChI is InChI=1S/C11H9N3S/c15-9-7-12-10-2-4-11(5-3-10)14-8-1-6-13-14/h1-9H. The SMILES string of the molecule is S=CC=Nc1ccc(-n2cccn2)cc1. The number of rotatable bonds is 3. The normalized spacial score (nSPS) is 10.7. The van der Waals surface area contributed by atoms with Crippen molar-refractivity contribution in [3.63, 3.8) is 0 Å². The average molecular weight is 215 g/mol. The lowest BCUT2D eigenvalue weighted by Gasteiger charge is -2.00. The Balaban J connectivity index is 2.24. The van der Waals surface area contributed by atoms with Gasteiger partial charge < -0.3 is 0 Å². The zero-order valence-corrected chi connectivity index (χ0v) is 8.76. The second kappa shape index (κ2) is 4.61. The maximum Gasteiger partial charge on any atom is 0.0647 e. The molecule has 0 aliphatic heterocycles. The molecule has 2 rings (SSSR count). The van der Waals surface area contributed by atoms with Gasteiger partial charge in [0.2, 0.25) is 0 Å². The Bertz CT molecular complexity index is 457. The molecule has 4 heteroatoms. The number of aliphatic imine (C=N–C) groups is 1. The van der Waals surface area contributed by atoms with Gasteiger partial charge in [-0.05, 0) is 30.3 Å². The van der Waals surface area contributed by atoms with E-state index in [1.807, 2.05) is 36.5 Å². The largest absolute Gasteiger partial charge is 0.256 e. The predicted molar refractivity (Wildman–Crippen MR) is 65.4 cm³/mol. The van der Waals surface area contributed by atoms with Crippen LogP contribution in [0.3, 0.4) is 0 Å². The number of hydrogen-bond donors (Lipinski definition) is 0. The fourth-order valence-electron chi connectivity index (χ4n) is 1.23. The first-order valence-corrected chi connectivity index (χ1v) is 4.95. The quantitative estimate of drug-likeness (QED) is 0.582. The summed E-state index contributed by atoms with van der Waals surface area (Å²) in [5.74, 6) is 0. The Kier molecular flexibility index (Phi) is 2.99. The molecule has 2 aromatic rings. The summed E-state index contributed by atoms with van der Waals surface area (Å²) in [5.41, 5.74) is 1.90. The second-order valence-corrected chi connectivity index (χ2v) is 3.15. The van der Waals surface area contributed by atoms with E-state index in [4.69, 9.17) is 0 Å². The highest BCUT2D eigenvalue weighted by atomic mass is 32.1. The molecular weight excluding hydrogens is 206 g/mol. The van der Waals surface area contributed by atoms with Crippen LogP contribution in [0.5, 0.6) is 0 Å². The maximum absolute atomic E-state index is 4.65. The van der Waals surface area contributed by atoms with Gasteiger partial charge in [-0.3, -0.25) is 4.99 Å². The molecule has 0 aliphatic carbocycles. The summed E-state index contributed by atoms with van der Waals surface area (Å²) in [5, 5.41) is 5.62. The zero-order valence-electron chi connectivity index (χ0n) is 7.95. The van der Waals surface area contributed by atoms with Gasteiger partial charge in [-0.2, -0.15) is 5.10 Å². The summed E-state index contributed by atoms with van der Waals surface area (Å²) in [7, 11) is 0. The van der Waals surface area contributed by atoms with Gasteiger partial charge >= 0.3 is 0 Å². The van der Waals surface area contributed by atoms with Gasteiger partial charge in [0.15, 0.2) is 0 Å². The van der Waals surface area contributed by atoms with Crippen LogP contribution in [0.2, 0.25) is 0 Å². The molecule has 1 aromatic heterocycles. The molecule has 0 bridgehead atoms. The third-order valence-electron chi connectivity index (χ3n) is 1.90. The molecule has 0 spiro atoms. The minimum absolute atomic E-state index is 0.881. The molecule has 0 radical (unpaired) electrons. The van der Waals surface area contributed by atoms with Crippen molar-refractivity contribution in [1.82, 2.24) is 9.78 Å². The third kappa shape index (κ3) is 2.35. The zero-order chi connectivity index (χ0) is 10.5. The molecule has 0 amide bonds. The fourth-order valence-corrected chi connectivity index (χ4v) is 1.29. The van der Waals surface area contributed by atoms with Crippen LogP contribution in [0.1, 0.15) is 0 Å². The number of benzene rings is 1. The molecule has 0 atom stereocenters. The minimum Gasteiger partial charge on any atom is -0.256 e. The second-order valence-electron chi connectivity index (χ2n) is 2.88. The maximum atomic E-state index is 4.65. The van der Waals surface area contributed by atoms with Crippen molar-refractivity contribution in [3.05, 3.63) is 42.7 Å². The molecule has 1 aromatic carbocycles. The monoisotopic (exact) mass is 215 g/mol. The van der Waals surface area contributed by atoms with Crippen LogP contribution in [0.4, 0.5) is 5.69 Å². The van der Waals surface area contributed by atoms with Gasteiger partial charge in [0, 0.05) is 24.0 Å². The van der Waals surface area contributed by atoms with Gasteiger partial charge in [-0.25, -0.2) is 4.68 Å². The molecule has 0 unspecified atom stereocenters. The summed E-state index contributed by atoms with van der Waals surface area (Å²) in [6.07, 6.45) is 5.24. The van der Waals surface area contributed by atoms with E-state index >= 15 is 0 Å². The fraction of sp³-hybridized carbons (Fsp3) is 0. The summed E-state index contributed by atoms with van der Waals surface area (Å²) < 4.78 is 1.80. The number of thiocarbonyl (C=S) groups is 1. The van der Waals surface area contributed by atoms with E-state index in [1.54, 1.807) is 17.1 Å². The number of aromatic nitrogens is 2. The molecule has 0 aliphatic rings. The number of nitrogens with zero attached hydrogens (tertiary/aromatic N) is 3. The topological polar surface area (TPSA) is 30.2 Å². The molecule has 74 valence electrons. The molecular formula is C11H9N3S. The Labute approximate surface area is 93.1 Å². The molecule has 0 saturated carbocycles. The average Bonchev–Trinajstić information content (AvgIpc) is 2.80. The molecule has 15 heavy (non-hydrogen) atoms. The van der Waals surface area contributed by atoms with Crippen LogP contribution in [0.25, 0.3) is 5.69 Å². The smallest absolute Gasteiger partial charge is 0.0647 e. The summed E-state index contributed by atoms with van der Waals surface area (Å²) in [6.45, 7) is 0. The minimum atomic E-state index is 0.881. The first kappa shape index (κ1) is 9.73. The molecule has 0 fully saturated rings. The Morgan fingerprint density at radius 3 is 2.67 bits per heavy atom. The molecule has 0 saturated heterocycles. The Morgan fingerprint density at radius 1 is 1.27 bits per heavy atom. The van der Waals surface area contributed by atoms with Crippen LogP contribution in [0.15, 0.2) is 47.7 Å².